The second-order valence-corrected chi connectivity index (χ2v) is 6.91. The number of benzene rings is 3. The Hall–Kier alpha value is -2.69. The lowest BCUT2D eigenvalue weighted by atomic mass is 10.1. The van der Waals surface area contributed by atoms with Crippen molar-refractivity contribution in [2.75, 3.05) is 32.8 Å². The number of hydrogen-bond acceptors (Lipinski definition) is 4. The van der Waals surface area contributed by atoms with E-state index in [0.717, 1.165) is 49.2 Å². The van der Waals surface area contributed by atoms with Crippen LogP contribution in [0.5, 0.6) is 5.75 Å². The standard InChI is InChI=1S/C23H24N2O2/c26-22(17-27-23-7-3-5-19-4-1-2-6-21(19)23)20-10-8-18(9-11-20)16-25-14-12-24-13-15-25/h1-11,24H,12-17H2. The Balaban J connectivity index is 1.38. The van der Waals surface area contributed by atoms with E-state index in [4.69, 9.17) is 4.74 Å². The molecule has 1 heterocycles. The Bertz CT molecular complexity index is 910. The van der Waals surface area contributed by atoms with Crippen LogP contribution < -0.4 is 10.1 Å². The number of nitrogens with one attached hydrogen (secondary N) is 1. The Labute approximate surface area is 159 Å². The van der Waals surface area contributed by atoms with Crippen LogP contribution in [0.3, 0.4) is 0 Å². The van der Waals surface area contributed by atoms with E-state index in [2.05, 4.69) is 10.2 Å². The predicted molar refractivity (Wildman–Crippen MR) is 108 cm³/mol. The zero-order valence-corrected chi connectivity index (χ0v) is 15.4. The van der Waals surface area contributed by atoms with Gasteiger partial charge in [0.15, 0.2) is 12.4 Å². The maximum atomic E-state index is 12.5. The number of carbonyl (C=O) groups excluding carboxylic acids is 1. The SMILES string of the molecule is O=C(COc1cccc2ccccc12)c1ccc(CN2CCNCC2)cc1. The van der Waals surface area contributed by atoms with Crippen LogP contribution in [-0.4, -0.2) is 43.5 Å². The molecule has 0 saturated carbocycles. The van der Waals surface area contributed by atoms with Crippen LogP contribution in [0.25, 0.3) is 10.8 Å². The zero-order valence-electron chi connectivity index (χ0n) is 15.4. The lowest BCUT2D eigenvalue weighted by Crippen LogP contribution is -2.42. The Kier molecular flexibility index (Phi) is 5.47. The monoisotopic (exact) mass is 360 g/mol. The zero-order chi connectivity index (χ0) is 18.5. The van der Waals surface area contributed by atoms with Crippen molar-refractivity contribution in [1.82, 2.24) is 10.2 Å². The fourth-order valence-electron chi connectivity index (χ4n) is 3.47. The molecule has 4 nitrogen and oxygen atoms in total. The minimum atomic E-state index is -0.00310. The molecule has 1 fully saturated rings. The number of carbonyl (C=O) groups is 1. The second kappa shape index (κ2) is 8.33. The van der Waals surface area contributed by atoms with E-state index in [1.807, 2.05) is 66.7 Å². The van der Waals surface area contributed by atoms with Gasteiger partial charge in [0, 0.05) is 43.7 Å². The highest BCUT2D eigenvalue weighted by atomic mass is 16.5. The van der Waals surface area contributed by atoms with Gasteiger partial charge >= 0.3 is 0 Å². The number of nitrogens with zero attached hydrogens (tertiary/aromatic N) is 1. The third kappa shape index (κ3) is 4.35. The van der Waals surface area contributed by atoms with E-state index < -0.39 is 0 Å². The van der Waals surface area contributed by atoms with Gasteiger partial charge < -0.3 is 10.1 Å². The van der Waals surface area contributed by atoms with E-state index in [0.29, 0.717) is 5.56 Å². The molecule has 0 amide bonds. The molecule has 0 atom stereocenters. The fourth-order valence-corrected chi connectivity index (χ4v) is 3.47. The first kappa shape index (κ1) is 17.7. The van der Waals surface area contributed by atoms with Crippen molar-refractivity contribution < 1.29 is 9.53 Å². The molecule has 4 heteroatoms. The first-order chi connectivity index (χ1) is 13.3. The summed E-state index contributed by atoms with van der Waals surface area (Å²) in [7, 11) is 0. The van der Waals surface area contributed by atoms with Gasteiger partial charge in [0.2, 0.25) is 0 Å². The minimum Gasteiger partial charge on any atom is -0.485 e. The molecule has 27 heavy (non-hydrogen) atoms. The first-order valence-electron chi connectivity index (χ1n) is 9.45. The van der Waals surface area contributed by atoms with E-state index in [9.17, 15) is 4.79 Å². The molecular formula is C23H24N2O2. The summed E-state index contributed by atoms with van der Waals surface area (Å²) in [6.45, 7) is 5.21. The lowest BCUT2D eigenvalue weighted by molar-refractivity contribution is 0.0922. The molecule has 138 valence electrons. The second-order valence-electron chi connectivity index (χ2n) is 6.91. The highest BCUT2D eigenvalue weighted by Crippen LogP contribution is 2.25. The normalized spacial score (nSPS) is 15.0. The van der Waals surface area contributed by atoms with Crippen molar-refractivity contribution in [3.8, 4) is 5.75 Å². The van der Waals surface area contributed by atoms with Gasteiger partial charge in [-0.1, -0.05) is 60.7 Å². The van der Waals surface area contributed by atoms with Crippen LogP contribution in [0.2, 0.25) is 0 Å². The molecule has 1 N–H and O–H groups in total. The van der Waals surface area contributed by atoms with Crippen molar-refractivity contribution in [2.45, 2.75) is 6.54 Å². The predicted octanol–water partition coefficient (Wildman–Crippen LogP) is 3.51. The van der Waals surface area contributed by atoms with E-state index in [1.54, 1.807) is 0 Å². The molecular weight excluding hydrogens is 336 g/mol. The van der Waals surface area contributed by atoms with E-state index in [1.165, 1.54) is 5.56 Å². The molecule has 0 radical (unpaired) electrons. The van der Waals surface area contributed by atoms with Gasteiger partial charge in [0.05, 0.1) is 0 Å². The van der Waals surface area contributed by atoms with Crippen LogP contribution in [0.15, 0.2) is 66.7 Å². The third-order valence-corrected chi connectivity index (χ3v) is 5.00. The average Bonchev–Trinajstić information content (AvgIpc) is 2.73. The van der Waals surface area contributed by atoms with Gasteiger partial charge in [-0.15, -0.1) is 0 Å². The first-order valence-corrected chi connectivity index (χ1v) is 9.45. The molecule has 3 aromatic rings. The maximum absolute atomic E-state index is 12.5. The molecule has 0 bridgehead atoms. The van der Waals surface area contributed by atoms with Gasteiger partial charge in [-0.05, 0) is 17.0 Å². The molecule has 4 rings (SSSR count). The van der Waals surface area contributed by atoms with Gasteiger partial charge in [-0.3, -0.25) is 9.69 Å². The van der Waals surface area contributed by atoms with Crippen molar-refractivity contribution in [2.24, 2.45) is 0 Å². The van der Waals surface area contributed by atoms with Gasteiger partial charge in [0.25, 0.3) is 0 Å². The highest BCUT2D eigenvalue weighted by Gasteiger charge is 2.12. The summed E-state index contributed by atoms with van der Waals surface area (Å²) in [6.07, 6.45) is 0. The Morgan fingerprint density at radius 2 is 1.67 bits per heavy atom. The maximum Gasteiger partial charge on any atom is 0.200 e. The summed E-state index contributed by atoms with van der Waals surface area (Å²) in [6, 6.07) is 21.9. The summed E-state index contributed by atoms with van der Waals surface area (Å²) in [5, 5.41) is 5.50. The molecule has 0 unspecified atom stereocenters. The van der Waals surface area contributed by atoms with Gasteiger partial charge in [-0.25, -0.2) is 0 Å². The summed E-state index contributed by atoms with van der Waals surface area (Å²) in [5.74, 6) is 0.744. The summed E-state index contributed by atoms with van der Waals surface area (Å²) in [4.78, 5) is 14.9. The van der Waals surface area contributed by atoms with E-state index >= 15 is 0 Å². The quantitative estimate of drug-likeness (QED) is 0.683. The summed E-state index contributed by atoms with van der Waals surface area (Å²) in [5.41, 5.74) is 1.93. The summed E-state index contributed by atoms with van der Waals surface area (Å²) < 4.78 is 5.82. The number of rotatable bonds is 6. The molecule has 0 aliphatic carbocycles. The number of fused-ring (bicyclic) bond motifs is 1. The smallest absolute Gasteiger partial charge is 0.200 e. The third-order valence-electron chi connectivity index (χ3n) is 5.00. The Morgan fingerprint density at radius 3 is 2.48 bits per heavy atom. The Morgan fingerprint density at radius 1 is 0.926 bits per heavy atom. The molecule has 1 aliphatic rings. The number of ketones is 1. The van der Waals surface area contributed by atoms with Gasteiger partial charge in [-0.2, -0.15) is 0 Å². The van der Waals surface area contributed by atoms with E-state index in [-0.39, 0.29) is 12.4 Å². The van der Waals surface area contributed by atoms with Crippen LogP contribution >= 0.6 is 0 Å². The fraction of sp³-hybridized carbons (Fsp3) is 0.261. The van der Waals surface area contributed by atoms with Crippen LogP contribution in [0, 0.1) is 0 Å². The van der Waals surface area contributed by atoms with Crippen LogP contribution in [0.4, 0.5) is 0 Å². The average molecular weight is 360 g/mol. The topological polar surface area (TPSA) is 41.6 Å². The number of piperazine rings is 1. The molecule has 1 aliphatic heterocycles. The molecule has 0 spiro atoms. The van der Waals surface area contributed by atoms with Crippen molar-refractivity contribution in [1.29, 1.82) is 0 Å². The number of ether oxygens (including phenoxy) is 1. The largest absolute Gasteiger partial charge is 0.485 e. The highest BCUT2D eigenvalue weighted by molar-refractivity contribution is 5.97. The summed E-state index contributed by atoms with van der Waals surface area (Å²) >= 11 is 0. The molecule has 1 saturated heterocycles. The molecule has 3 aromatic carbocycles. The molecule has 0 aromatic heterocycles. The minimum absolute atomic E-state index is 0.00310. The van der Waals surface area contributed by atoms with Crippen molar-refractivity contribution in [3.63, 3.8) is 0 Å². The van der Waals surface area contributed by atoms with Crippen LogP contribution in [0.1, 0.15) is 15.9 Å². The van der Waals surface area contributed by atoms with Gasteiger partial charge in [0.1, 0.15) is 5.75 Å². The van der Waals surface area contributed by atoms with Crippen LogP contribution in [-0.2, 0) is 6.54 Å². The lowest BCUT2D eigenvalue weighted by Gasteiger charge is -2.27. The number of Topliss-reactive ketones (excluding diaryl/α,β-unsaturated/α-hetero) is 1. The van der Waals surface area contributed by atoms with Crippen molar-refractivity contribution >= 4 is 16.6 Å². The number of hydrogen-bond donors (Lipinski definition) is 1. The van der Waals surface area contributed by atoms with Crippen molar-refractivity contribution in [3.05, 3.63) is 77.9 Å².